The van der Waals surface area contributed by atoms with E-state index in [-0.39, 0.29) is 69.1 Å². The Hall–Kier alpha value is -4.43. The molecule has 0 saturated heterocycles. The quantitative estimate of drug-likeness (QED) is 0.0514. The van der Waals surface area contributed by atoms with E-state index >= 15 is 0 Å². The first-order chi connectivity index (χ1) is 52.8. The number of aliphatic hydroxyl groups excluding tert-OH is 6. The molecular weight excluding hydrogens is 1380 g/mol. The van der Waals surface area contributed by atoms with E-state index < -0.39 is 17.9 Å². The van der Waals surface area contributed by atoms with E-state index in [1.807, 2.05) is 54.6 Å². The van der Waals surface area contributed by atoms with Crippen molar-refractivity contribution in [3.63, 3.8) is 0 Å². The van der Waals surface area contributed by atoms with Gasteiger partial charge in [-0.2, -0.15) is 0 Å². The summed E-state index contributed by atoms with van der Waals surface area (Å²) in [5, 5.41) is 95.8. The number of rotatable bonds is 20. The van der Waals surface area contributed by atoms with E-state index in [1.54, 1.807) is 24.3 Å². The molecule has 0 radical (unpaired) electrons. The molecule has 0 bridgehead atoms. The number of aromatic carboxylic acids is 3. The van der Waals surface area contributed by atoms with E-state index in [0.29, 0.717) is 141 Å². The van der Waals surface area contributed by atoms with Crippen molar-refractivity contribution in [3.8, 4) is 0 Å². The van der Waals surface area contributed by atoms with Crippen LogP contribution < -0.4 is 0 Å². The molecule has 0 aliphatic heterocycles. The predicted octanol–water partition coefficient (Wildman–Crippen LogP) is 21.0. The van der Waals surface area contributed by atoms with Gasteiger partial charge >= 0.3 is 17.9 Å². The summed E-state index contributed by atoms with van der Waals surface area (Å²) >= 11 is 0. The summed E-state index contributed by atoms with van der Waals surface area (Å²) in [5.41, 5.74) is 5.51. The Morgan fingerprint density at radius 2 is 0.676 bits per heavy atom. The topological polar surface area (TPSA) is 233 Å². The number of carbonyl (C=O) groups is 3. The van der Waals surface area contributed by atoms with Crippen LogP contribution in [0.4, 0.5) is 0 Å². The van der Waals surface area contributed by atoms with Crippen molar-refractivity contribution in [2.24, 2.45) is 157 Å². The summed E-state index contributed by atoms with van der Waals surface area (Å²) in [6, 6.07) is 22.1. The highest BCUT2D eigenvalue weighted by Gasteiger charge is 2.69. The number of hydrogen-bond donors (Lipinski definition) is 9. The molecule has 12 aliphatic rings. The van der Waals surface area contributed by atoms with Crippen LogP contribution in [0.3, 0.4) is 0 Å². The van der Waals surface area contributed by atoms with E-state index in [4.69, 9.17) is 0 Å². The smallest absolute Gasteiger partial charge is 0.336 e. The third kappa shape index (κ3) is 15.4. The van der Waals surface area contributed by atoms with Crippen molar-refractivity contribution in [1.29, 1.82) is 0 Å². The maximum Gasteiger partial charge on any atom is 0.336 e. The Kier molecular flexibility index (Phi) is 25.8. The van der Waals surface area contributed by atoms with Crippen LogP contribution in [0, 0.1) is 157 Å². The number of benzene rings is 3. The number of allylic oxidation sites excluding steroid dienone is 1. The van der Waals surface area contributed by atoms with Gasteiger partial charge in [-0.05, 0) is 359 Å². The Labute approximate surface area is 668 Å². The van der Waals surface area contributed by atoms with Gasteiger partial charge in [0.2, 0.25) is 0 Å². The van der Waals surface area contributed by atoms with Crippen molar-refractivity contribution >= 4 is 24.0 Å². The summed E-state index contributed by atoms with van der Waals surface area (Å²) in [6.45, 7) is 29.1. The van der Waals surface area contributed by atoms with Crippen molar-refractivity contribution in [2.45, 2.75) is 319 Å². The molecule has 3 aromatic carbocycles. The molecule has 33 atom stereocenters. The zero-order valence-corrected chi connectivity index (χ0v) is 70.3. The van der Waals surface area contributed by atoms with Crippen LogP contribution in [-0.4, -0.2) is 100 Å². The normalized spacial score (nSPS) is 44.0. The molecule has 12 saturated carbocycles. The fourth-order valence-corrected chi connectivity index (χ4v) is 31.7. The molecule has 0 amide bonds. The molecule has 0 heterocycles. The lowest BCUT2D eigenvalue weighted by molar-refractivity contribution is -0.203. The number of aryl methyl sites for hydroxylation is 2. The third-order valence-corrected chi connectivity index (χ3v) is 37.2. The van der Waals surface area contributed by atoms with Crippen LogP contribution in [0.1, 0.15) is 317 Å². The number of carboxylic acids is 3. The summed E-state index contributed by atoms with van der Waals surface area (Å²) in [6.07, 6.45) is 36.4. The van der Waals surface area contributed by atoms with Crippen molar-refractivity contribution < 1.29 is 60.3 Å². The van der Waals surface area contributed by atoms with Gasteiger partial charge in [0.25, 0.3) is 0 Å². The molecule has 12 nitrogen and oxygen atoms in total. The lowest BCUT2D eigenvalue weighted by Crippen LogP contribution is -2.62. The monoisotopic (exact) mass is 1530 g/mol. The van der Waals surface area contributed by atoms with Gasteiger partial charge < -0.3 is 46.0 Å². The van der Waals surface area contributed by atoms with Gasteiger partial charge in [0.1, 0.15) is 0 Å². The average Bonchev–Trinajstić information content (AvgIpc) is 1.70. The summed E-state index contributed by atoms with van der Waals surface area (Å²) in [7, 11) is 0. The first-order valence-electron chi connectivity index (χ1n) is 45.5. The van der Waals surface area contributed by atoms with Gasteiger partial charge in [-0.3, -0.25) is 0 Å². The van der Waals surface area contributed by atoms with E-state index in [9.17, 15) is 60.3 Å². The zero-order valence-electron chi connectivity index (χ0n) is 70.3. The number of fused-ring (bicyclic) bond motifs is 15. The second kappa shape index (κ2) is 33.9. The molecular formula is C99H148O12. The minimum atomic E-state index is -0.879. The van der Waals surface area contributed by atoms with E-state index in [1.165, 1.54) is 77.0 Å². The van der Waals surface area contributed by atoms with E-state index in [0.717, 1.165) is 139 Å². The molecule has 12 aliphatic carbocycles. The summed E-state index contributed by atoms with van der Waals surface area (Å²) < 4.78 is 0. The second-order valence-electron chi connectivity index (χ2n) is 41.5. The zero-order chi connectivity index (χ0) is 79.6. The Balaban J connectivity index is 0.000000146. The van der Waals surface area contributed by atoms with Gasteiger partial charge in [-0.25, -0.2) is 14.4 Å². The third-order valence-electron chi connectivity index (χ3n) is 37.2. The first-order valence-corrected chi connectivity index (χ1v) is 45.5. The highest BCUT2D eigenvalue weighted by Crippen LogP contribution is 2.74. The molecule has 3 aromatic rings. The van der Waals surface area contributed by atoms with Crippen LogP contribution in [0.15, 0.2) is 78.9 Å². The van der Waals surface area contributed by atoms with Gasteiger partial charge in [0.15, 0.2) is 0 Å². The van der Waals surface area contributed by atoms with Gasteiger partial charge in [-0.1, -0.05) is 182 Å². The van der Waals surface area contributed by atoms with Crippen LogP contribution in [-0.2, 0) is 12.8 Å². The van der Waals surface area contributed by atoms with Gasteiger partial charge in [0, 0.05) is 0 Å². The maximum atomic E-state index is 11.9. The Morgan fingerprint density at radius 3 is 1.01 bits per heavy atom. The molecule has 9 N–H and O–H groups in total. The molecule has 616 valence electrons. The number of hydrogen-bond acceptors (Lipinski definition) is 9. The van der Waals surface area contributed by atoms with E-state index in [2.05, 4.69) is 89.2 Å². The maximum absolute atomic E-state index is 11.9. The van der Waals surface area contributed by atoms with Crippen molar-refractivity contribution in [3.05, 3.63) is 112 Å². The van der Waals surface area contributed by atoms with Gasteiger partial charge in [0.05, 0.1) is 53.3 Å². The molecule has 15 rings (SSSR count). The minimum absolute atomic E-state index is 0.191. The SMILES string of the molecule is CC[C@H]1[C@@H](O)[C@@H]2[C@H](CC[C@]3(C)[C@@H]([C@H](C)C/C=C/c4ccccc4C(=O)O)CC[C@@H]23)[C@@]2(C)CC[C@@H](O)C[C@@H]12.CC[C@H]1[C@@H](O)[C@@H]2[C@H](CC[C@]3(C)[C@@H]([C@H](C)CCCc4ccccc4C(=O)O)CC[C@@H]23)[C@@]2(C)CC[C@@H](O)C[C@@H]12.CC[C@H]1[C@@H](O)[C@@H]2[C@H](CC[C@]3(C)[C@@H]([C@H](C)CCCc4ccccc4C(=O)O)CC[C@@H]23)[C@@]2(C)CC[C@@H](O)C[C@@H]12. The predicted molar refractivity (Wildman–Crippen MR) is 443 cm³/mol. The molecule has 111 heavy (non-hydrogen) atoms. The largest absolute Gasteiger partial charge is 0.478 e. The average molecular weight is 1530 g/mol. The molecule has 0 aromatic heterocycles. The molecule has 0 spiro atoms. The van der Waals surface area contributed by atoms with Crippen LogP contribution in [0.25, 0.3) is 6.08 Å². The Bertz CT molecular complexity index is 3560. The van der Waals surface area contributed by atoms with Crippen LogP contribution in [0.2, 0.25) is 0 Å². The van der Waals surface area contributed by atoms with Gasteiger partial charge in [-0.15, -0.1) is 0 Å². The fourth-order valence-electron chi connectivity index (χ4n) is 31.7. The standard InChI is InChI=1S/2C33H50O4.C33H48O4/c3*1-5-23-28-19-22(34)15-17-33(28,4)27-16-18-32(3)25(13-14-26(32)29(27)30(23)35)20(2)9-8-11-21-10-6-7-12-24(21)31(36)37/h2*6-7,10,12,20,22-23,25-30,34-35H,5,8-9,11,13-19H2,1-4H3,(H,36,37);6-8,10-12,20,22-23,25-30,34-35H,5,9,13-19H2,1-4H3,(H,36,37)/b;;11-8+/t3*20-,22-,23-,25-,26+,27+,28+,29+,30-,32-,33-/m111/s1. The molecule has 0 unspecified atom stereocenters. The molecule has 12 fully saturated rings. The van der Waals surface area contributed by atoms with Crippen molar-refractivity contribution in [1.82, 2.24) is 0 Å². The second-order valence-corrected chi connectivity index (χ2v) is 41.5. The lowest BCUT2D eigenvalue weighted by Gasteiger charge is -2.64. The Morgan fingerprint density at radius 1 is 0.378 bits per heavy atom. The highest BCUT2D eigenvalue weighted by molar-refractivity contribution is 5.92. The summed E-state index contributed by atoms with van der Waals surface area (Å²) in [5.74, 6) is 8.17. The minimum Gasteiger partial charge on any atom is -0.478 e. The lowest BCUT2D eigenvalue weighted by atomic mass is 9.41. The fraction of sp³-hybridized carbons (Fsp3) is 0.768. The number of carboxylic acid groups (broad SMARTS) is 3. The van der Waals surface area contributed by atoms with Crippen molar-refractivity contribution in [2.75, 3.05) is 0 Å². The highest BCUT2D eigenvalue weighted by atomic mass is 16.4. The van der Waals surface area contributed by atoms with Crippen LogP contribution in [0.5, 0.6) is 0 Å². The number of aliphatic hydroxyl groups is 6. The molecule has 12 heteroatoms. The first kappa shape index (κ1) is 84.5. The summed E-state index contributed by atoms with van der Waals surface area (Å²) in [4.78, 5) is 34.8. The van der Waals surface area contributed by atoms with Crippen LogP contribution >= 0.6 is 0 Å².